The first kappa shape index (κ1) is 18.6. The van der Waals surface area contributed by atoms with Gasteiger partial charge in [0.25, 0.3) is 5.91 Å². The van der Waals surface area contributed by atoms with Crippen molar-refractivity contribution in [1.82, 2.24) is 15.1 Å². The molecule has 1 aliphatic heterocycles. The molecule has 5 heteroatoms. The normalized spacial score (nSPS) is 13.2. The SMILES string of the molecule is O=C(c1ccc(-c2ccccc2)cc1)N1CCc2[nH]nc(-c3ccc(Cl)cc3)c2C1. The molecule has 1 aromatic heterocycles. The Morgan fingerprint density at radius 2 is 1.53 bits per heavy atom. The van der Waals surface area contributed by atoms with Crippen LogP contribution in [0.15, 0.2) is 78.9 Å². The average Bonchev–Trinajstić information content (AvgIpc) is 3.23. The quantitative estimate of drug-likeness (QED) is 0.475. The van der Waals surface area contributed by atoms with E-state index < -0.39 is 0 Å². The van der Waals surface area contributed by atoms with Crippen molar-refractivity contribution >= 4 is 17.5 Å². The van der Waals surface area contributed by atoms with Gasteiger partial charge in [0, 0.05) is 46.9 Å². The first-order valence-corrected chi connectivity index (χ1v) is 10.3. The van der Waals surface area contributed by atoms with Crippen LogP contribution >= 0.6 is 11.6 Å². The molecule has 0 bridgehead atoms. The summed E-state index contributed by atoms with van der Waals surface area (Å²) in [6.45, 7) is 1.22. The van der Waals surface area contributed by atoms with Gasteiger partial charge in [-0.25, -0.2) is 0 Å². The summed E-state index contributed by atoms with van der Waals surface area (Å²) in [5.74, 6) is 0.0449. The Hall–Kier alpha value is -3.37. The Morgan fingerprint density at radius 1 is 0.867 bits per heavy atom. The highest BCUT2D eigenvalue weighted by Crippen LogP contribution is 2.30. The van der Waals surface area contributed by atoms with Gasteiger partial charge in [-0.15, -0.1) is 0 Å². The highest BCUT2D eigenvalue weighted by molar-refractivity contribution is 6.30. The number of carbonyl (C=O) groups is 1. The maximum atomic E-state index is 13.1. The third kappa shape index (κ3) is 3.51. The van der Waals surface area contributed by atoms with Crippen LogP contribution in [0.2, 0.25) is 5.02 Å². The Bertz CT molecular complexity index is 1180. The van der Waals surface area contributed by atoms with Crippen molar-refractivity contribution in [2.45, 2.75) is 13.0 Å². The molecule has 0 aliphatic carbocycles. The van der Waals surface area contributed by atoms with E-state index in [2.05, 4.69) is 22.3 Å². The molecule has 3 aromatic carbocycles. The lowest BCUT2D eigenvalue weighted by atomic mass is 9.99. The molecule has 2 heterocycles. The number of rotatable bonds is 3. The predicted molar refractivity (Wildman–Crippen MR) is 119 cm³/mol. The van der Waals surface area contributed by atoms with E-state index in [9.17, 15) is 4.79 Å². The molecule has 4 nitrogen and oxygen atoms in total. The van der Waals surface area contributed by atoms with Gasteiger partial charge < -0.3 is 4.90 Å². The summed E-state index contributed by atoms with van der Waals surface area (Å²) in [6.07, 6.45) is 0.768. The number of nitrogens with zero attached hydrogens (tertiary/aromatic N) is 2. The van der Waals surface area contributed by atoms with Gasteiger partial charge in [-0.2, -0.15) is 5.10 Å². The molecule has 1 aliphatic rings. The van der Waals surface area contributed by atoms with Crippen molar-refractivity contribution in [2.75, 3.05) is 6.54 Å². The fraction of sp³-hybridized carbons (Fsp3) is 0.120. The fourth-order valence-electron chi connectivity index (χ4n) is 3.93. The number of benzene rings is 3. The molecule has 30 heavy (non-hydrogen) atoms. The highest BCUT2D eigenvalue weighted by Gasteiger charge is 2.26. The van der Waals surface area contributed by atoms with E-state index in [0.29, 0.717) is 23.7 Å². The molecule has 0 saturated heterocycles. The van der Waals surface area contributed by atoms with E-state index >= 15 is 0 Å². The lowest BCUT2D eigenvalue weighted by Gasteiger charge is -2.27. The van der Waals surface area contributed by atoms with Gasteiger partial charge in [0.15, 0.2) is 0 Å². The summed E-state index contributed by atoms with van der Waals surface area (Å²) in [5.41, 5.74) is 7.02. The second-order valence-electron chi connectivity index (χ2n) is 7.46. The number of hydrogen-bond acceptors (Lipinski definition) is 2. The number of aromatic amines is 1. The van der Waals surface area contributed by atoms with Crippen LogP contribution < -0.4 is 0 Å². The first-order chi connectivity index (χ1) is 14.7. The number of halogens is 1. The fourth-order valence-corrected chi connectivity index (χ4v) is 4.06. The molecule has 0 unspecified atom stereocenters. The lowest BCUT2D eigenvalue weighted by molar-refractivity contribution is 0.0734. The zero-order chi connectivity index (χ0) is 20.5. The van der Waals surface area contributed by atoms with Crippen LogP contribution in [0.1, 0.15) is 21.6 Å². The monoisotopic (exact) mass is 413 g/mol. The van der Waals surface area contributed by atoms with Crippen molar-refractivity contribution in [1.29, 1.82) is 0 Å². The summed E-state index contributed by atoms with van der Waals surface area (Å²) >= 11 is 6.02. The lowest BCUT2D eigenvalue weighted by Crippen LogP contribution is -2.35. The van der Waals surface area contributed by atoms with Crippen LogP contribution in [0.25, 0.3) is 22.4 Å². The molecule has 0 fully saturated rings. The smallest absolute Gasteiger partial charge is 0.254 e. The zero-order valence-corrected chi connectivity index (χ0v) is 17.1. The third-order valence-electron chi connectivity index (χ3n) is 5.58. The number of nitrogens with one attached hydrogen (secondary N) is 1. The minimum Gasteiger partial charge on any atom is -0.334 e. The van der Waals surface area contributed by atoms with Crippen molar-refractivity contribution in [3.05, 3.63) is 101 Å². The van der Waals surface area contributed by atoms with Crippen molar-refractivity contribution in [2.24, 2.45) is 0 Å². The van der Waals surface area contributed by atoms with Crippen molar-refractivity contribution in [3.63, 3.8) is 0 Å². The van der Waals surface area contributed by atoms with Gasteiger partial charge >= 0.3 is 0 Å². The molecule has 0 atom stereocenters. The number of amides is 1. The van der Waals surface area contributed by atoms with Crippen LogP contribution in [0, 0.1) is 0 Å². The number of fused-ring (bicyclic) bond motifs is 1. The largest absolute Gasteiger partial charge is 0.334 e. The number of hydrogen-bond donors (Lipinski definition) is 1. The van der Waals surface area contributed by atoms with Gasteiger partial charge in [-0.05, 0) is 35.4 Å². The maximum Gasteiger partial charge on any atom is 0.254 e. The summed E-state index contributed by atoms with van der Waals surface area (Å²) in [4.78, 5) is 15.0. The predicted octanol–water partition coefficient (Wildman–Crippen LogP) is 5.60. The minimum absolute atomic E-state index is 0.0449. The average molecular weight is 414 g/mol. The van der Waals surface area contributed by atoms with E-state index in [1.807, 2.05) is 71.6 Å². The van der Waals surface area contributed by atoms with E-state index in [0.717, 1.165) is 40.1 Å². The molecular weight excluding hydrogens is 394 g/mol. The molecule has 0 saturated carbocycles. The van der Waals surface area contributed by atoms with Crippen LogP contribution in [-0.4, -0.2) is 27.5 Å². The van der Waals surface area contributed by atoms with E-state index in [-0.39, 0.29) is 5.91 Å². The van der Waals surface area contributed by atoms with Crippen LogP contribution in [0.5, 0.6) is 0 Å². The second kappa shape index (κ2) is 7.81. The Kier molecular flexibility index (Phi) is 4.85. The highest BCUT2D eigenvalue weighted by atomic mass is 35.5. The van der Waals surface area contributed by atoms with Gasteiger partial charge in [0.1, 0.15) is 0 Å². The first-order valence-electron chi connectivity index (χ1n) is 9.96. The number of carbonyl (C=O) groups excluding carboxylic acids is 1. The summed E-state index contributed by atoms with van der Waals surface area (Å²) in [6, 6.07) is 25.7. The summed E-state index contributed by atoms with van der Waals surface area (Å²) < 4.78 is 0. The molecule has 148 valence electrons. The third-order valence-corrected chi connectivity index (χ3v) is 5.83. The molecule has 0 spiro atoms. The van der Waals surface area contributed by atoms with E-state index in [1.165, 1.54) is 0 Å². The zero-order valence-electron chi connectivity index (χ0n) is 16.3. The van der Waals surface area contributed by atoms with Gasteiger partial charge in [0.05, 0.1) is 5.69 Å². The number of H-pyrrole nitrogens is 1. The molecule has 5 rings (SSSR count). The Labute approximate surface area is 180 Å². The van der Waals surface area contributed by atoms with Gasteiger partial charge in [0.2, 0.25) is 0 Å². The molecule has 0 radical (unpaired) electrons. The number of aromatic nitrogens is 2. The summed E-state index contributed by atoms with van der Waals surface area (Å²) in [5, 5.41) is 8.34. The topological polar surface area (TPSA) is 49.0 Å². The van der Waals surface area contributed by atoms with Crippen LogP contribution in [-0.2, 0) is 13.0 Å². The van der Waals surface area contributed by atoms with Gasteiger partial charge in [-0.3, -0.25) is 9.89 Å². The Balaban J connectivity index is 1.37. The second-order valence-corrected chi connectivity index (χ2v) is 7.89. The summed E-state index contributed by atoms with van der Waals surface area (Å²) in [7, 11) is 0. The van der Waals surface area contributed by atoms with Crippen molar-refractivity contribution < 1.29 is 4.79 Å². The van der Waals surface area contributed by atoms with E-state index in [1.54, 1.807) is 0 Å². The molecule has 1 amide bonds. The Morgan fingerprint density at radius 3 is 2.27 bits per heavy atom. The standard InChI is InChI=1S/C25H20ClN3O/c26-21-12-10-19(11-13-21)24-22-16-29(15-14-23(22)27-28-24)25(30)20-8-6-18(7-9-20)17-4-2-1-3-5-17/h1-13H,14-16H2,(H,27,28). The molecule has 4 aromatic rings. The van der Waals surface area contributed by atoms with Crippen LogP contribution in [0.4, 0.5) is 0 Å². The minimum atomic E-state index is 0.0449. The molecule has 1 N–H and O–H groups in total. The van der Waals surface area contributed by atoms with Crippen LogP contribution in [0.3, 0.4) is 0 Å². The van der Waals surface area contributed by atoms with Gasteiger partial charge in [-0.1, -0.05) is 66.2 Å². The van der Waals surface area contributed by atoms with E-state index in [4.69, 9.17) is 11.6 Å². The molecular formula is C25H20ClN3O. The van der Waals surface area contributed by atoms with Crippen molar-refractivity contribution in [3.8, 4) is 22.4 Å². The maximum absolute atomic E-state index is 13.1.